The van der Waals surface area contributed by atoms with E-state index in [9.17, 15) is 4.39 Å². The van der Waals surface area contributed by atoms with Crippen molar-refractivity contribution in [3.05, 3.63) is 0 Å². The number of nitrogens with one attached hydrogen (secondary N) is 1. The zero-order valence-electron chi connectivity index (χ0n) is 8.07. The van der Waals surface area contributed by atoms with Gasteiger partial charge in [0.2, 0.25) is 0 Å². The van der Waals surface area contributed by atoms with Crippen molar-refractivity contribution in [1.82, 2.24) is 10.2 Å². The highest BCUT2D eigenvalue weighted by Crippen LogP contribution is 2.24. The molecule has 0 aromatic carbocycles. The van der Waals surface area contributed by atoms with Gasteiger partial charge in [-0.1, -0.05) is 0 Å². The molecule has 0 bridgehead atoms. The van der Waals surface area contributed by atoms with Crippen LogP contribution in [-0.2, 0) is 0 Å². The largest absolute Gasteiger partial charge is 0.318 e. The molecule has 1 heterocycles. The van der Waals surface area contributed by atoms with Gasteiger partial charge >= 0.3 is 0 Å². The SMILES string of the molecule is CNCCN1CCC(C)(F)CC1. The van der Waals surface area contributed by atoms with E-state index < -0.39 is 5.67 Å². The molecule has 3 heteroatoms. The third kappa shape index (κ3) is 3.07. The van der Waals surface area contributed by atoms with Crippen LogP contribution in [0.1, 0.15) is 19.8 Å². The molecule has 1 fully saturated rings. The number of alkyl halides is 1. The minimum absolute atomic E-state index is 0.691. The van der Waals surface area contributed by atoms with Gasteiger partial charge in [-0.15, -0.1) is 0 Å². The molecular formula is C9H19FN2. The van der Waals surface area contributed by atoms with E-state index in [1.807, 2.05) is 7.05 Å². The van der Waals surface area contributed by atoms with Gasteiger partial charge in [-0.25, -0.2) is 4.39 Å². The van der Waals surface area contributed by atoms with E-state index in [4.69, 9.17) is 0 Å². The average Bonchev–Trinajstić information content (AvgIpc) is 2.03. The number of rotatable bonds is 3. The summed E-state index contributed by atoms with van der Waals surface area (Å²) in [7, 11) is 1.95. The third-order valence-electron chi connectivity index (χ3n) is 2.58. The van der Waals surface area contributed by atoms with Crippen LogP contribution >= 0.6 is 0 Å². The number of hydrogen-bond donors (Lipinski definition) is 1. The summed E-state index contributed by atoms with van der Waals surface area (Å²) in [6.45, 7) is 5.58. The lowest BCUT2D eigenvalue weighted by Crippen LogP contribution is -2.42. The highest BCUT2D eigenvalue weighted by molar-refractivity contribution is 4.82. The summed E-state index contributed by atoms with van der Waals surface area (Å²) >= 11 is 0. The van der Waals surface area contributed by atoms with Crippen molar-refractivity contribution < 1.29 is 4.39 Å². The van der Waals surface area contributed by atoms with Gasteiger partial charge in [-0.3, -0.25) is 0 Å². The number of hydrogen-bond acceptors (Lipinski definition) is 2. The zero-order chi connectivity index (χ0) is 9.03. The summed E-state index contributed by atoms with van der Waals surface area (Å²) in [5.74, 6) is 0. The minimum Gasteiger partial charge on any atom is -0.318 e. The van der Waals surface area contributed by atoms with E-state index in [1.165, 1.54) is 0 Å². The Balaban J connectivity index is 2.18. The number of halogens is 1. The molecule has 0 aliphatic carbocycles. The number of nitrogens with zero attached hydrogens (tertiary/aromatic N) is 1. The Morgan fingerprint density at radius 2 is 2.00 bits per heavy atom. The normalized spacial score (nSPS) is 24.2. The lowest BCUT2D eigenvalue weighted by molar-refractivity contribution is 0.0749. The van der Waals surface area contributed by atoms with E-state index >= 15 is 0 Å². The van der Waals surface area contributed by atoms with Gasteiger partial charge in [-0.2, -0.15) is 0 Å². The predicted molar refractivity (Wildman–Crippen MR) is 49.1 cm³/mol. The van der Waals surface area contributed by atoms with Crippen molar-refractivity contribution in [2.24, 2.45) is 0 Å². The van der Waals surface area contributed by atoms with Gasteiger partial charge < -0.3 is 10.2 Å². The van der Waals surface area contributed by atoms with Gasteiger partial charge in [-0.05, 0) is 26.8 Å². The van der Waals surface area contributed by atoms with Crippen molar-refractivity contribution in [2.45, 2.75) is 25.4 Å². The van der Waals surface area contributed by atoms with Gasteiger partial charge in [0.05, 0.1) is 0 Å². The van der Waals surface area contributed by atoms with Crippen LogP contribution in [0.3, 0.4) is 0 Å². The lowest BCUT2D eigenvalue weighted by atomic mass is 9.96. The maximum atomic E-state index is 13.3. The van der Waals surface area contributed by atoms with Crippen LogP contribution in [0.15, 0.2) is 0 Å². The topological polar surface area (TPSA) is 15.3 Å². The summed E-state index contributed by atoms with van der Waals surface area (Å²) in [6.07, 6.45) is 1.38. The van der Waals surface area contributed by atoms with Crippen LogP contribution in [0.4, 0.5) is 4.39 Å². The molecule has 12 heavy (non-hydrogen) atoms. The Hall–Kier alpha value is -0.150. The van der Waals surface area contributed by atoms with Crippen molar-refractivity contribution in [3.8, 4) is 0 Å². The molecule has 2 nitrogen and oxygen atoms in total. The third-order valence-corrected chi connectivity index (χ3v) is 2.58. The number of piperidine rings is 1. The second-order valence-corrected chi connectivity index (χ2v) is 3.86. The van der Waals surface area contributed by atoms with Crippen LogP contribution in [0, 0.1) is 0 Å². The molecule has 0 aromatic rings. The molecule has 72 valence electrons. The molecule has 0 aromatic heterocycles. The molecule has 0 radical (unpaired) electrons. The Labute approximate surface area is 74.1 Å². The summed E-state index contributed by atoms with van der Waals surface area (Å²) in [5.41, 5.74) is -0.907. The molecular weight excluding hydrogens is 155 g/mol. The molecule has 0 spiro atoms. The minimum atomic E-state index is -0.907. The number of likely N-dealkylation sites (tertiary alicyclic amines) is 1. The molecule has 0 amide bonds. The fraction of sp³-hybridized carbons (Fsp3) is 1.00. The van der Waals surface area contributed by atoms with Gasteiger partial charge in [0.25, 0.3) is 0 Å². The first kappa shape index (κ1) is 9.93. The molecule has 1 rings (SSSR count). The summed E-state index contributed by atoms with van der Waals surface area (Å²) in [6, 6.07) is 0. The molecule has 0 saturated carbocycles. The number of likely N-dealkylation sites (N-methyl/N-ethyl adjacent to an activating group) is 1. The molecule has 1 saturated heterocycles. The van der Waals surface area contributed by atoms with E-state index in [2.05, 4.69) is 10.2 Å². The second kappa shape index (κ2) is 4.19. The van der Waals surface area contributed by atoms with E-state index in [0.29, 0.717) is 12.8 Å². The maximum absolute atomic E-state index is 13.3. The van der Waals surface area contributed by atoms with Crippen molar-refractivity contribution in [2.75, 3.05) is 33.2 Å². The Morgan fingerprint density at radius 1 is 1.42 bits per heavy atom. The summed E-state index contributed by atoms with van der Waals surface area (Å²) in [4.78, 5) is 2.32. The van der Waals surface area contributed by atoms with Crippen LogP contribution in [-0.4, -0.2) is 43.8 Å². The Bertz CT molecular complexity index is 126. The van der Waals surface area contributed by atoms with Crippen LogP contribution in [0.2, 0.25) is 0 Å². The van der Waals surface area contributed by atoms with Crippen LogP contribution < -0.4 is 5.32 Å². The fourth-order valence-corrected chi connectivity index (χ4v) is 1.51. The average molecular weight is 174 g/mol. The van der Waals surface area contributed by atoms with Gasteiger partial charge in [0.1, 0.15) is 5.67 Å². The van der Waals surface area contributed by atoms with E-state index in [1.54, 1.807) is 6.92 Å². The van der Waals surface area contributed by atoms with Crippen molar-refractivity contribution >= 4 is 0 Å². The molecule has 1 aliphatic rings. The molecule has 0 unspecified atom stereocenters. The molecule has 0 atom stereocenters. The summed E-state index contributed by atoms with van der Waals surface area (Å²) in [5, 5.41) is 3.10. The van der Waals surface area contributed by atoms with E-state index in [-0.39, 0.29) is 0 Å². The Morgan fingerprint density at radius 3 is 2.50 bits per heavy atom. The quantitative estimate of drug-likeness (QED) is 0.687. The highest BCUT2D eigenvalue weighted by atomic mass is 19.1. The monoisotopic (exact) mass is 174 g/mol. The van der Waals surface area contributed by atoms with Crippen LogP contribution in [0.5, 0.6) is 0 Å². The first-order valence-electron chi connectivity index (χ1n) is 4.70. The first-order valence-corrected chi connectivity index (χ1v) is 4.70. The highest BCUT2D eigenvalue weighted by Gasteiger charge is 2.28. The fourth-order valence-electron chi connectivity index (χ4n) is 1.51. The summed E-state index contributed by atoms with van der Waals surface area (Å²) < 4.78 is 13.3. The standard InChI is InChI=1S/C9H19FN2/c1-9(10)3-6-12(7-4-9)8-5-11-2/h11H,3-8H2,1-2H3. The van der Waals surface area contributed by atoms with Crippen molar-refractivity contribution in [3.63, 3.8) is 0 Å². The van der Waals surface area contributed by atoms with E-state index in [0.717, 1.165) is 26.2 Å². The maximum Gasteiger partial charge on any atom is 0.110 e. The smallest absolute Gasteiger partial charge is 0.110 e. The van der Waals surface area contributed by atoms with Crippen LogP contribution in [0.25, 0.3) is 0 Å². The van der Waals surface area contributed by atoms with Gasteiger partial charge in [0.15, 0.2) is 0 Å². The lowest BCUT2D eigenvalue weighted by Gasteiger charge is -2.33. The van der Waals surface area contributed by atoms with Crippen molar-refractivity contribution in [1.29, 1.82) is 0 Å². The zero-order valence-corrected chi connectivity index (χ0v) is 8.07. The molecule has 1 N–H and O–H groups in total. The van der Waals surface area contributed by atoms with Gasteiger partial charge in [0, 0.05) is 26.2 Å². The predicted octanol–water partition coefficient (Wildman–Crippen LogP) is 1.03. The molecule has 1 aliphatic heterocycles. The Kier molecular flexibility index (Phi) is 3.47. The first-order chi connectivity index (χ1) is 5.64. The second-order valence-electron chi connectivity index (χ2n) is 3.86.